The predicted molar refractivity (Wildman–Crippen MR) is 48.4 cm³/mol. The smallest absolute Gasteiger partial charge is 0.421 e. The van der Waals surface area contributed by atoms with E-state index < -0.39 is 47.2 Å². The Balaban J connectivity index is 3.50. The molecule has 1 aromatic heterocycles. The van der Waals surface area contributed by atoms with E-state index >= 15 is 0 Å². The van der Waals surface area contributed by atoms with Crippen molar-refractivity contribution in [3.8, 4) is 0 Å². The van der Waals surface area contributed by atoms with Gasteiger partial charge in [0.05, 0.1) is 12.1 Å². The van der Waals surface area contributed by atoms with Crippen LogP contribution in [0.3, 0.4) is 0 Å². The Labute approximate surface area is 96.1 Å². The van der Waals surface area contributed by atoms with E-state index in [9.17, 15) is 31.5 Å². The maximum atomic E-state index is 12.4. The van der Waals surface area contributed by atoms with Crippen LogP contribution >= 0.6 is 0 Å². The summed E-state index contributed by atoms with van der Waals surface area (Å²) in [6, 6.07) is 0. The summed E-state index contributed by atoms with van der Waals surface area (Å²) in [5.41, 5.74) is -5.66. The third-order valence-corrected chi connectivity index (χ3v) is 2.07. The largest absolute Gasteiger partial charge is 0.481 e. The number of H-pyrrole nitrogens is 1. The minimum absolute atomic E-state index is 0.106. The SMILES string of the molecule is O=C(O)Cc1c(C(F)F)[nH]cc(C(F)(F)F)c1=O. The van der Waals surface area contributed by atoms with E-state index in [0.717, 1.165) is 0 Å². The number of aromatic nitrogens is 1. The Bertz CT molecular complexity index is 520. The van der Waals surface area contributed by atoms with Crippen LogP contribution in [0.1, 0.15) is 23.2 Å². The second kappa shape index (κ2) is 4.75. The molecule has 0 spiro atoms. The van der Waals surface area contributed by atoms with Gasteiger partial charge in [-0.15, -0.1) is 0 Å². The molecule has 2 N–H and O–H groups in total. The number of carboxylic acid groups (broad SMARTS) is 1. The van der Waals surface area contributed by atoms with Crippen molar-refractivity contribution in [1.29, 1.82) is 0 Å². The predicted octanol–water partition coefficient (Wildman–Crippen LogP) is 1.96. The van der Waals surface area contributed by atoms with Gasteiger partial charge in [0.25, 0.3) is 6.43 Å². The van der Waals surface area contributed by atoms with E-state index in [0.29, 0.717) is 0 Å². The molecule has 0 atom stereocenters. The maximum absolute atomic E-state index is 12.4. The summed E-state index contributed by atoms with van der Waals surface area (Å²) < 4.78 is 61.9. The van der Waals surface area contributed by atoms with Gasteiger partial charge in [0, 0.05) is 11.8 Å². The summed E-state index contributed by atoms with van der Waals surface area (Å²) in [6.07, 6.45) is -9.41. The standard InChI is InChI=1S/C9H6F5NO3/c10-8(11)6-3(1-5(16)17)7(18)4(2-15-6)9(12,13)14/h2,8H,1H2,(H,15,18)(H,16,17). The van der Waals surface area contributed by atoms with Crippen molar-refractivity contribution in [2.24, 2.45) is 0 Å². The molecule has 0 unspecified atom stereocenters. The van der Waals surface area contributed by atoms with Crippen molar-refractivity contribution < 1.29 is 31.9 Å². The highest BCUT2D eigenvalue weighted by Gasteiger charge is 2.36. The molecule has 0 saturated heterocycles. The average molecular weight is 271 g/mol. The number of halogens is 5. The van der Waals surface area contributed by atoms with Crippen LogP contribution in [0.5, 0.6) is 0 Å². The minimum Gasteiger partial charge on any atom is -0.481 e. The second-order valence-corrected chi connectivity index (χ2v) is 3.29. The number of aliphatic carboxylic acids is 1. The number of aromatic amines is 1. The first kappa shape index (κ1) is 14.1. The molecule has 18 heavy (non-hydrogen) atoms. The molecule has 0 aliphatic rings. The van der Waals surface area contributed by atoms with Crippen LogP contribution in [0, 0.1) is 0 Å². The zero-order chi connectivity index (χ0) is 14.1. The molecule has 4 nitrogen and oxygen atoms in total. The first-order valence-electron chi connectivity index (χ1n) is 4.46. The van der Waals surface area contributed by atoms with Gasteiger partial charge < -0.3 is 10.1 Å². The molecule has 0 radical (unpaired) electrons. The fourth-order valence-corrected chi connectivity index (χ4v) is 1.32. The van der Waals surface area contributed by atoms with Gasteiger partial charge in [-0.3, -0.25) is 9.59 Å². The highest BCUT2D eigenvalue weighted by molar-refractivity contribution is 5.70. The maximum Gasteiger partial charge on any atom is 0.421 e. The van der Waals surface area contributed by atoms with E-state index in [1.165, 1.54) is 0 Å². The van der Waals surface area contributed by atoms with Crippen LogP contribution in [0.25, 0.3) is 0 Å². The van der Waals surface area contributed by atoms with Gasteiger partial charge in [0.2, 0.25) is 0 Å². The number of alkyl halides is 5. The van der Waals surface area contributed by atoms with E-state index in [1.54, 1.807) is 4.98 Å². The second-order valence-electron chi connectivity index (χ2n) is 3.29. The molecule has 1 rings (SSSR count). The Morgan fingerprint density at radius 2 is 1.94 bits per heavy atom. The van der Waals surface area contributed by atoms with Crippen LogP contribution in [0.4, 0.5) is 22.0 Å². The van der Waals surface area contributed by atoms with Crippen molar-refractivity contribution in [3.05, 3.63) is 33.2 Å². The van der Waals surface area contributed by atoms with Crippen molar-refractivity contribution in [1.82, 2.24) is 4.98 Å². The Morgan fingerprint density at radius 3 is 2.33 bits per heavy atom. The van der Waals surface area contributed by atoms with Gasteiger partial charge in [0.1, 0.15) is 5.56 Å². The number of pyridine rings is 1. The first-order valence-corrected chi connectivity index (χ1v) is 4.46. The lowest BCUT2D eigenvalue weighted by molar-refractivity contribution is -0.139. The third-order valence-electron chi connectivity index (χ3n) is 2.07. The summed E-state index contributed by atoms with van der Waals surface area (Å²) in [5, 5.41) is 8.41. The molecule has 0 aliphatic heterocycles. The topological polar surface area (TPSA) is 70.2 Å². The van der Waals surface area contributed by atoms with E-state index in [1.807, 2.05) is 0 Å². The van der Waals surface area contributed by atoms with Crippen molar-refractivity contribution in [2.75, 3.05) is 0 Å². The normalized spacial score (nSPS) is 11.9. The van der Waals surface area contributed by atoms with Crippen LogP contribution in [-0.4, -0.2) is 16.1 Å². The number of carboxylic acids is 1. The molecule has 0 amide bonds. The van der Waals surface area contributed by atoms with E-state index in [-0.39, 0.29) is 6.20 Å². The molecule has 100 valence electrons. The van der Waals surface area contributed by atoms with Gasteiger partial charge >= 0.3 is 12.1 Å². The molecule has 0 aliphatic carbocycles. The van der Waals surface area contributed by atoms with Crippen molar-refractivity contribution >= 4 is 5.97 Å². The number of hydrogen-bond acceptors (Lipinski definition) is 2. The van der Waals surface area contributed by atoms with Gasteiger partial charge in [-0.1, -0.05) is 0 Å². The van der Waals surface area contributed by atoms with Gasteiger partial charge in [0.15, 0.2) is 5.43 Å². The monoisotopic (exact) mass is 271 g/mol. The van der Waals surface area contributed by atoms with E-state index in [4.69, 9.17) is 5.11 Å². The Hall–Kier alpha value is -1.93. The van der Waals surface area contributed by atoms with Crippen LogP contribution in [0.2, 0.25) is 0 Å². The van der Waals surface area contributed by atoms with Crippen molar-refractivity contribution in [3.63, 3.8) is 0 Å². The molecule has 0 bridgehead atoms. The first-order chi connectivity index (χ1) is 8.14. The summed E-state index contributed by atoms with van der Waals surface area (Å²) >= 11 is 0. The summed E-state index contributed by atoms with van der Waals surface area (Å²) in [4.78, 5) is 23.3. The zero-order valence-electron chi connectivity index (χ0n) is 8.52. The lowest BCUT2D eigenvalue weighted by atomic mass is 10.1. The molecule has 9 heteroatoms. The fourth-order valence-electron chi connectivity index (χ4n) is 1.32. The lowest BCUT2D eigenvalue weighted by Gasteiger charge is -2.11. The molecular weight excluding hydrogens is 265 g/mol. The number of carbonyl (C=O) groups is 1. The van der Waals surface area contributed by atoms with Gasteiger partial charge in [-0.2, -0.15) is 13.2 Å². The highest BCUT2D eigenvalue weighted by atomic mass is 19.4. The molecule has 0 saturated carbocycles. The van der Waals surface area contributed by atoms with Crippen LogP contribution in [-0.2, 0) is 17.4 Å². The Kier molecular flexibility index (Phi) is 3.73. The summed E-state index contributed by atoms with van der Waals surface area (Å²) in [7, 11) is 0. The highest BCUT2D eigenvalue weighted by Crippen LogP contribution is 2.28. The molecule has 1 heterocycles. The minimum atomic E-state index is -5.04. The number of hydrogen-bond donors (Lipinski definition) is 2. The molecule has 0 fully saturated rings. The lowest BCUT2D eigenvalue weighted by Crippen LogP contribution is -2.26. The average Bonchev–Trinajstić information content (AvgIpc) is 2.17. The molecule has 1 aromatic rings. The summed E-state index contributed by atoms with van der Waals surface area (Å²) in [6.45, 7) is 0. The van der Waals surface area contributed by atoms with Gasteiger partial charge in [-0.25, -0.2) is 8.78 Å². The van der Waals surface area contributed by atoms with Gasteiger partial charge in [-0.05, 0) is 0 Å². The number of rotatable bonds is 3. The molecule has 0 aromatic carbocycles. The third kappa shape index (κ3) is 2.84. The zero-order valence-corrected chi connectivity index (χ0v) is 8.52. The number of nitrogens with one attached hydrogen (secondary N) is 1. The van der Waals surface area contributed by atoms with Crippen LogP contribution < -0.4 is 5.43 Å². The van der Waals surface area contributed by atoms with Crippen molar-refractivity contribution in [2.45, 2.75) is 19.0 Å². The van der Waals surface area contributed by atoms with Crippen LogP contribution in [0.15, 0.2) is 11.0 Å². The Morgan fingerprint density at radius 1 is 1.39 bits per heavy atom. The fraction of sp³-hybridized carbons (Fsp3) is 0.333. The molecular formula is C9H6F5NO3. The summed E-state index contributed by atoms with van der Waals surface area (Å²) in [5.74, 6) is -1.68. The quantitative estimate of drug-likeness (QED) is 0.825. The van der Waals surface area contributed by atoms with E-state index in [2.05, 4.69) is 0 Å².